The Labute approximate surface area is 106 Å². The van der Waals surface area contributed by atoms with E-state index in [4.69, 9.17) is 0 Å². The smallest absolute Gasteiger partial charge is 0.121 e. The molecule has 18 heavy (non-hydrogen) atoms. The van der Waals surface area contributed by atoms with Gasteiger partial charge in [-0.15, -0.1) is 0 Å². The van der Waals surface area contributed by atoms with Crippen molar-refractivity contribution < 1.29 is 15.3 Å². The van der Waals surface area contributed by atoms with Crippen LogP contribution in [-0.4, -0.2) is 15.3 Å². The molecule has 0 aliphatic rings. The first-order chi connectivity index (χ1) is 8.66. The third-order valence-corrected chi connectivity index (χ3v) is 2.92. The Balaban J connectivity index is 2.03. The Kier molecular flexibility index (Phi) is 3.85. The van der Waals surface area contributed by atoms with Crippen LogP contribution >= 0.6 is 0 Å². The molecule has 0 amide bonds. The Bertz CT molecular complexity index is 508. The molecule has 1 unspecified atom stereocenters. The van der Waals surface area contributed by atoms with Gasteiger partial charge in [-0.05, 0) is 36.6 Å². The Morgan fingerprint density at radius 1 is 0.944 bits per heavy atom. The fourth-order valence-electron chi connectivity index (χ4n) is 1.91. The van der Waals surface area contributed by atoms with E-state index in [2.05, 4.69) is 0 Å². The van der Waals surface area contributed by atoms with Crippen molar-refractivity contribution in [3.05, 3.63) is 59.7 Å². The van der Waals surface area contributed by atoms with Gasteiger partial charge in [0.15, 0.2) is 0 Å². The molecule has 0 bridgehead atoms. The summed E-state index contributed by atoms with van der Waals surface area (Å²) in [5.74, 6) is 0.0509. The fourth-order valence-corrected chi connectivity index (χ4v) is 1.91. The van der Waals surface area contributed by atoms with Crippen molar-refractivity contribution in [2.45, 2.75) is 18.9 Å². The van der Waals surface area contributed by atoms with Crippen molar-refractivity contribution in [1.29, 1.82) is 0 Å². The van der Waals surface area contributed by atoms with E-state index in [1.165, 1.54) is 18.2 Å². The average Bonchev–Trinajstić information content (AvgIpc) is 2.40. The first kappa shape index (κ1) is 12.5. The number of hydrogen-bond acceptors (Lipinski definition) is 3. The van der Waals surface area contributed by atoms with Crippen molar-refractivity contribution in [3.63, 3.8) is 0 Å². The van der Waals surface area contributed by atoms with E-state index in [0.717, 1.165) is 12.0 Å². The number of aliphatic hydroxyl groups excluding tert-OH is 1. The van der Waals surface area contributed by atoms with Crippen LogP contribution in [0.1, 0.15) is 23.7 Å². The number of hydrogen-bond donors (Lipinski definition) is 3. The topological polar surface area (TPSA) is 60.7 Å². The number of phenols is 2. The molecular weight excluding hydrogens is 228 g/mol. The van der Waals surface area contributed by atoms with E-state index < -0.39 is 6.10 Å². The van der Waals surface area contributed by atoms with Crippen LogP contribution < -0.4 is 0 Å². The molecule has 0 fully saturated rings. The number of benzene rings is 2. The quantitative estimate of drug-likeness (QED) is 0.725. The summed E-state index contributed by atoms with van der Waals surface area (Å²) in [4.78, 5) is 0. The highest BCUT2D eigenvalue weighted by molar-refractivity contribution is 5.40. The SMILES string of the molecule is Oc1ccc(O)c(C(O)CCc2ccccc2)c1. The summed E-state index contributed by atoms with van der Waals surface area (Å²) in [6, 6.07) is 14.0. The number of aryl methyl sites for hydroxylation is 1. The fraction of sp³-hybridized carbons (Fsp3) is 0.200. The first-order valence-corrected chi connectivity index (χ1v) is 5.90. The molecule has 2 aromatic carbocycles. The van der Waals surface area contributed by atoms with Gasteiger partial charge in [0.1, 0.15) is 11.5 Å². The lowest BCUT2D eigenvalue weighted by molar-refractivity contribution is 0.163. The molecule has 1 atom stereocenters. The standard InChI is InChI=1S/C15H16O3/c16-12-7-9-15(18)13(10-12)14(17)8-6-11-4-2-1-3-5-11/h1-5,7,9-10,14,16-18H,6,8H2. The molecule has 0 heterocycles. The van der Waals surface area contributed by atoms with Crippen LogP contribution in [0.25, 0.3) is 0 Å². The molecule has 3 nitrogen and oxygen atoms in total. The van der Waals surface area contributed by atoms with Gasteiger partial charge >= 0.3 is 0 Å². The number of rotatable bonds is 4. The average molecular weight is 244 g/mol. The van der Waals surface area contributed by atoms with Crippen LogP contribution in [-0.2, 0) is 6.42 Å². The zero-order chi connectivity index (χ0) is 13.0. The lowest BCUT2D eigenvalue weighted by atomic mass is 10.0. The Hall–Kier alpha value is -2.00. The lowest BCUT2D eigenvalue weighted by Gasteiger charge is -2.13. The van der Waals surface area contributed by atoms with Crippen LogP contribution in [0.15, 0.2) is 48.5 Å². The van der Waals surface area contributed by atoms with Gasteiger partial charge in [-0.1, -0.05) is 30.3 Å². The van der Waals surface area contributed by atoms with Gasteiger partial charge in [0.25, 0.3) is 0 Å². The summed E-state index contributed by atoms with van der Waals surface area (Å²) in [5, 5.41) is 29.0. The van der Waals surface area contributed by atoms with Crippen molar-refractivity contribution in [2.24, 2.45) is 0 Å². The molecule has 0 aliphatic carbocycles. The molecular formula is C15H16O3. The van der Waals surface area contributed by atoms with Gasteiger partial charge in [0, 0.05) is 5.56 Å². The number of phenolic OH excluding ortho intramolecular Hbond substituents is 2. The second-order valence-corrected chi connectivity index (χ2v) is 4.28. The second kappa shape index (κ2) is 5.56. The van der Waals surface area contributed by atoms with Gasteiger partial charge in [-0.2, -0.15) is 0 Å². The van der Waals surface area contributed by atoms with E-state index >= 15 is 0 Å². The monoisotopic (exact) mass is 244 g/mol. The van der Waals surface area contributed by atoms with Gasteiger partial charge in [0.05, 0.1) is 6.10 Å². The van der Waals surface area contributed by atoms with E-state index in [9.17, 15) is 15.3 Å². The molecule has 2 aromatic rings. The normalized spacial score (nSPS) is 12.3. The molecule has 0 spiro atoms. The van der Waals surface area contributed by atoms with E-state index in [-0.39, 0.29) is 11.5 Å². The third kappa shape index (κ3) is 3.02. The van der Waals surface area contributed by atoms with Crippen LogP contribution in [0, 0.1) is 0 Å². The predicted molar refractivity (Wildman–Crippen MR) is 69.5 cm³/mol. The van der Waals surface area contributed by atoms with Gasteiger partial charge < -0.3 is 15.3 Å². The third-order valence-electron chi connectivity index (χ3n) is 2.92. The summed E-state index contributed by atoms with van der Waals surface area (Å²) < 4.78 is 0. The maximum Gasteiger partial charge on any atom is 0.121 e. The lowest BCUT2D eigenvalue weighted by Crippen LogP contribution is -2.00. The van der Waals surface area contributed by atoms with Crippen molar-refractivity contribution in [2.75, 3.05) is 0 Å². The van der Waals surface area contributed by atoms with Gasteiger partial charge in [0.2, 0.25) is 0 Å². The van der Waals surface area contributed by atoms with Crippen molar-refractivity contribution >= 4 is 0 Å². The zero-order valence-corrected chi connectivity index (χ0v) is 9.95. The van der Waals surface area contributed by atoms with Crippen molar-refractivity contribution in [1.82, 2.24) is 0 Å². The van der Waals surface area contributed by atoms with Crippen molar-refractivity contribution in [3.8, 4) is 11.5 Å². The van der Waals surface area contributed by atoms with Gasteiger partial charge in [-0.3, -0.25) is 0 Å². The molecule has 3 N–H and O–H groups in total. The summed E-state index contributed by atoms with van der Waals surface area (Å²) in [7, 11) is 0. The minimum absolute atomic E-state index is 0.00774. The molecule has 0 saturated heterocycles. The first-order valence-electron chi connectivity index (χ1n) is 5.90. The molecule has 2 rings (SSSR count). The molecule has 94 valence electrons. The molecule has 0 aliphatic heterocycles. The summed E-state index contributed by atoms with van der Waals surface area (Å²) in [6.45, 7) is 0. The van der Waals surface area contributed by atoms with Crippen LogP contribution in [0.2, 0.25) is 0 Å². The summed E-state index contributed by atoms with van der Waals surface area (Å²) >= 11 is 0. The maximum atomic E-state index is 10.0. The van der Waals surface area contributed by atoms with Crippen LogP contribution in [0.4, 0.5) is 0 Å². The predicted octanol–water partition coefficient (Wildman–Crippen LogP) is 2.76. The molecule has 3 heteroatoms. The summed E-state index contributed by atoms with van der Waals surface area (Å²) in [5.41, 5.74) is 1.50. The highest BCUT2D eigenvalue weighted by Gasteiger charge is 2.13. The zero-order valence-electron chi connectivity index (χ0n) is 9.95. The molecule has 0 aromatic heterocycles. The Morgan fingerprint density at radius 2 is 1.67 bits per heavy atom. The van der Waals surface area contributed by atoms with E-state index in [1.54, 1.807) is 0 Å². The maximum absolute atomic E-state index is 10.0. The van der Waals surface area contributed by atoms with Crippen LogP contribution in [0.5, 0.6) is 11.5 Å². The van der Waals surface area contributed by atoms with Crippen LogP contribution in [0.3, 0.4) is 0 Å². The molecule has 0 radical (unpaired) electrons. The van der Waals surface area contributed by atoms with E-state index in [1.807, 2.05) is 30.3 Å². The minimum Gasteiger partial charge on any atom is -0.508 e. The number of aliphatic hydroxyl groups is 1. The van der Waals surface area contributed by atoms with E-state index in [0.29, 0.717) is 12.0 Å². The number of aromatic hydroxyl groups is 2. The minimum atomic E-state index is -0.780. The second-order valence-electron chi connectivity index (χ2n) is 4.28. The highest BCUT2D eigenvalue weighted by Crippen LogP contribution is 2.30. The molecule has 0 saturated carbocycles. The highest BCUT2D eigenvalue weighted by atomic mass is 16.3. The summed E-state index contributed by atoms with van der Waals surface area (Å²) in [6.07, 6.45) is 0.440. The largest absolute Gasteiger partial charge is 0.508 e. The van der Waals surface area contributed by atoms with Gasteiger partial charge in [-0.25, -0.2) is 0 Å². The Morgan fingerprint density at radius 3 is 2.39 bits per heavy atom.